The molecule has 0 fully saturated rings. The van der Waals surface area contributed by atoms with Gasteiger partial charge < -0.3 is 15.7 Å². The molecule has 2 aromatic rings. The summed E-state index contributed by atoms with van der Waals surface area (Å²) in [6, 6.07) is 5.02. The molecule has 1 heterocycles. The molecule has 0 aliphatic rings. The maximum absolute atomic E-state index is 10.3. The van der Waals surface area contributed by atoms with Gasteiger partial charge in [0.2, 0.25) is 0 Å². The van der Waals surface area contributed by atoms with Gasteiger partial charge in [-0.3, -0.25) is 4.99 Å². The highest BCUT2D eigenvalue weighted by atomic mass is 35.5. The van der Waals surface area contributed by atoms with Gasteiger partial charge in [0.05, 0.1) is 23.4 Å². The zero-order chi connectivity index (χ0) is 18.2. The number of benzene rings is 1. The van der Waals surface area contributed by atoms with E-state index in [9.17, 15) is 5.11 Å². The average Bonchev–Trinajstić information content (AvgIpc) is 2.96. The number of aliphatic imine (C=N–C) groups is 1. The Bertz CT molecular complexity index is 700. The van der Waals surface area contributed by atoms with Gasteiger partial charge in [0.1, 0.15) is 0 Å². The molecule has 0 radical (unpaired) electrons. The lowest BCUT2D eigenvalue weighted by atomic mass is 10.1. The van der Waals surface area contributed by atoms with Gasteiger partial charge in [0, 0.05) is 34.9 Å². The van der Waals surface area contributed by atoms with Crippen LogP contribution in [-0.4, -0.2) is 35.7 Å². The standard InChI is InChI=1S/C17H22Cl2N4OS/c1-3-20-17(21-5-4-15-10-25-11(2)23-15)22-9-16(24)12-6-13(18)8-14(19)7-12/h6-8,10,16,24H,3-5,9H2,1-2H3,(H2,20,21,22). The Morgan fingerprint density at radius 3 is 2.60 bits per heavy atom. The Balaban J connectivity index is 1.91. The van der Waals surface area contributed by atoms with E-state index in [1.165, 1.54) is 0 Å². The Kier molecular flexibility index (Phi) is 7.96. The molecular weight excluding hydrogens is 379 g/mol. The first-order valence-corrected chi connectivity index (χ1v) is 9.68. The van der Waals surface area contributed by atoms with Crippen molar-refractivity contribution in [2.75, 3.05) is 19.6 Å². The van der Waals surface area contributed by atoms with E-state index in [2.05, 4.69) is 26.0 Å². The molecule has 136 valence electrons. The second-order valence-electron chi connectivity index (χ2n) is 5.47. The molecule has 5 nitrogen and oxygen atoms in total. The summed E-state index contributed by atoms with van der Waals surface area (Å²) < 4.78 is 0. The van der Waals surface area contributed by atoms with Crippen molar-refractivity contribution >= 4 is 40.5 Å². The van der Waals surface area contributed by atoms with Crippen LogP contribution in [0.25, 0.3) is 0 Å². The number of halogens is 2. The number of hydrogen-bond donors (Lipinski definition) is 3. The van der Waals surface area contributed by atoms with Crippen molar-refractivity contribution in [3.63, 3.8) is 0 Å². The molecule has 3 N–H and O–H groups in total. The Morgan fingerprint density at radius 2 is 2.00 bits per heavy atom. The molecule has 8 heteroatoms. The van der Waals surface area contributed by atoms with Crippen LogP contribution in [0.3, 0.4) is 0 Å². The molecule has 0 spiro atoms. The fourth-order valence-electron chi connectivity index (χ4n) is 2.22. The molecule has 1 unspecified atom stereocenters. The van der Waals surface area contributed by atoms with Crippen LogP contribution in [0.1, 0.15) is 29.3 Å². The lowest BCUT2D eigenvalue weighted by Crippen LogP contribution is -2.38. The van der Waals surface area contributed by atoms with Crippen molar-refractivity contribution in [3.8, 4) is 0 Å². The van der Waals surface area contributed by atoms with E-state index >= 15 is 0 Å². The molecule has 0 aliphatic carbocycles. The molecule has 1 aromatic carbocycles. The third-order valence-corrected chi connectivity index (χ3v) is 4.64. The summed E-state index contributed by atoms with van der Waals surface area (Å²) in [5, 5.41) is 20.8. The van der Waals surface area contributed by atoms with Crippen LogP contribution >= 0.6 is 34.5 Å². The van der Waals surface area contributed by atoms with Crippen LogP contribution in [0.15, 0.2) is 28.6 Å². The SMILES string of the molecule is CCNC(=NCC(O)c1cc(Cl)cc(Cl)c1)NCCc1csc(C)n1. The number of rotatable bonds is 7. The second-order valence-corrected chi connectivity index (χ2v) is 7.41. The molecule has 0 aliphatic heterocycles. The fraction of sp³-hybridized carbons (Fsp3) is 0.412. The summed E-state index contributed by atoms with van der Waals surface area (Å²) in [7, 11) is 0. The molecule has 0 saturated heterocycles. The predicted octanol–water partition coefficient (Wildman–Crippen LogP) is 3.59. The molecule has 25 heavy (non-hydrogen) atoms. The van der Waals surface area contributed by atoms with Crippen LogP contribution in [0.2, 0.25) is 10.0 Å². The maximum atomic E-state index is 10.3. The molecule has 1 aromatic heterocycles. The Hall–Kier alpha value is -1.34. The van der Waals surface area contributed by atoms with Crippen molar-refractivity contribution in [1.29, 1.82) is 0 Å². The van der Waals surface area contributed by atoms with Crippen molar-refractivity contribution in [2.45, 2.75) is 26.4 Å². The van der Waals surface area contributed by atoms with E-state index in [4.69, 9.17) is 23.2 Å². The molecule has 2 rings (SSSR count). The maximum Gasteiger partial charge on any atom is 0.191 e. The van der Waals surface area contributed by atoms with Gasteiger partial charge in [0.15, 0.2) is 5.96 Å². The lowest BCUT2D eigenvalue weighted by molar-refractivity contribution is 0.187. The van der Waals surface area contributed by atoms with E-state index in [0.717, 1.165) is 23.7 Å². The number of aromatic nitrogens is 1. The number of nitrogens with one attached hydrogen (secondary N) is 2. The number of aliphatic hydroxyl groups is 1. The first kappa shape index (κ1) is 20.0. The Morgan fingerprint density at radius 1 is 1.28 bits per heavy atom. The van der Waals surface area contributed by atoms with Crippen molar-refractivity contribution < 1.29 is 5.11 Å². The highest BCUT2D eigenvalue weighted by Gasteiger charge is 2.10. The van der Waals surface area contributed by atoms with E-state index in [0.29, 0.717) is 28.1 Å². The molecule has 1 atom stereocenters. The normalized spacial score (nSPS) is 12.9. The van der Waals surface area contributed by atoms with Crippen molar-refractivity contribution in [2.24, 2.45) is 4.99 Å². The Labute approximate surface area is 162 Å². The first-order valence-electron chi connectivity index (χ1n) is 8.05. The predicted molar refractivity (Wildman–Crippen MR) is 106 cm³/mol. The monoisotopic (exact) mass is 400 g/mol. The quantitative estimate of drug-likeness (QED) is 0.490. The van der Waals surface area contributed by atoms with Gasteiger partial charge in [-0.25, -0.2) is 4.98 Å². The van der Waals surface area contributed by atoms with Crippen LogP contribution < -0.4 is 10.6 Å². The number of aliphatic hydroxyl groups excluding tert-OH is 1. The van der Waals surface area contributed by atoms with E-state index < -0.39 is 6.10 Å². The van der Waals surface area contributed by atoms with Crippen LogP contribution in [0, 0.1) is 6.92 Å². The van der Waals surface area contributed by atoms with E-state index in [1.807, 2.05) is 13.8 Å². The number of aryl methyl sites for hydroxylation is 1. The average molecular weight is 401 g/mol. The van der Waals surface area contributed by atoms with Crippen LogP contribution in [0.5, 0.6) is 0 Å². The van der Waals surface area contributed by atoms with E-state index in [1.54, 1.807) is 29.5 Å². The fourth-order valence-corrected chi connectivity index (χ4v) is 3.41. The summed E-state index contributed by atoms with van der Waals surface area (Å²) in [6.45, 7) is 5.65. The van der Waals surface area contributed by atoms with Gasteiger partial charge >= 0.3 is 0 Å². The zero-order valence-corrected chi connectivity index (χ0v) is 16.5. The summed E-state index contributed by atoms with van der Waals surface area (Å²) in [6.07, 6.45) is 0.0501. The van der Waals surface area contributed by atoms with Crippen molar-refractivity contribution in [1.82, 2.24) is 15.6 Å². The summed E-state index contributed by atoms with van der Waals surface area (Å²) in [5.41, 5.74) is 1.72. The van der Waals surface area contributed by atoms with Gasteiger partial charge in [-0.2, -0.15) is 0 Å². The summed E-state index contributed by atoms with van der Waals surface area (Å²) in [4.78, 5) is 8.86. The first-order chi connectivity index (χ1) is 12.0. The minimum absolute atomic E-state index is 0.210. The molecular formula is C17H22Cl2N4OS. The van der Waals surface area contributed by atoms with E-state index in [-0.39, 0.29) is 6.54 Å². The van der Waals surface area contributed by atoms with Crippen LogP contribution in [-0.2, 0) is 6.42 Å². The third-order valence-electron chi connectivity index (χ3n) is 3.38. The third kappa shape index (κ3) is 6.82. The summed E-state index contributed by atoms with van der Waals surface area (Å²) >= 11 is 13.6. The number of nitrogens with zero attached hydrogens (tertiary/aromatic N) is 2. The minimum Gasteiger partial charge on any atom is -0.386 e. The zero-order valence-electron chi connectivity index (χ0n) is 14.2. The van der Waals surface area contributed by atoms with Crippen LogP contribution in [0.4, 0.5) is 0 Å². The van der Waals surface area contributed by atoms with Gasteiger partial charge in [-0.15, -0.1) is 11.3 Å². The van der Waals surface area contributed by atoms with Gasteiger partial charge in [0.25, 0.3) is 0 Å². The number of guanidine groups is 1. The topological polar surface area (TPSA) is 69.5 Å². The van der Waals surface area contributed by atoms with Gasteiger partial charge in [-0.1, -0.05) is 23.2 Å². The molecule has 0 saturated carbocycles. The molecule has 0 amide bonds. The minimum atomic E-state index is -0.771. The van der Waals surface area contributed by atoms with Gasteiger partial charge in [-0.05, 0) is 37.6 Å². The number of thiazole rings is 1. The largest absolute Gasteiger partial charge is 0.386 e. The van der Waals surface area contributed by atoms with Crippen molar-refractivity contribution in [3.05, 3.63) is 49.9 Å². The lowest BCUT2D eigenvalue weighted by Gasteiger charge is -2.13. The smallest absolute Gasteiger partial charge is 0.191 e. The second kappa shape index (κ2) is 9.97. The molecule has 0 bridgehead atoms. The summed E-state index contributed by atoms with van der Waals surface area (Å²) in [5.74, 6) is 0.654. The highest BCUT2D eigenvalue weighted by molar-refractivity contribution is 7.09. The number of hydrogen-bond acceptors (Lipinski definition) is 4. The highest BCUT2D eigenvalue weighted by Crippen LogP contribution is 2.23.